The van der Waals surface area contributed by atoms with Gasteiger partial charge in [0.25, 0.3) is 0 Å². The summed E-state index contributed by atoms with van der Waals surface area (Å²) in [6.07, 6.45) is 3.61. The first-order valence-electron chi connectivity index (χ1n) is 4.59. The van der Waals surface area contributed by atoms with Gasteiger partial charge in [-0.05, 0) is 24.7 Å². The third kappa shape index (κ3) is 0.891. The smallest absolute Gasteiger partial charge is 0.310 e. The second-order valence-electron chi connectivity index (χ2n) is 3.88. The van der Waals surface area contributed by atoms with Crippen LogP contribution in [0.25, 0.3) is 0 Å². The average Bonchev–Trinajstić information content (AvgIpc) is 2.48. The Morgan fingerprint density at radius 3 is 2.75 bits per heavy atom. The average molecular weight is 169 g/mol. The lowest BCUT2D eigenvalue weighted by molar-refractivity contribution is -0.155. The minimum atomic E-state index is -0.106. The fraction of sp³-hybridized carbons (Fsp3) is 0.889. The molecule has 0 heterocycles. The number of ether oxygens (including phenoxy) is 1. The van der Waals surface area contributed by atoms with E-state index in [1.807, 2.05) is 0 Å². The van der Waals surface area contributed by atoms with Gasteiger partial charge in [-0.25, -0.2) is 0 Å². The molecule has 0 saturated heterocycles. The number of fused-ring (bicyclic) bond motifs is 1. The number of rotatable bonds is 1. The summed E-state index contributed by atoms with van der Waals surface area (Å²) >= 11 is 0. The molecule has 0 spiro atoms. The van der Waals surface area contributed by atoms with Crippen molar-refractivity contribution in [3.63, 3.8) is 0 Å². The van der Waals surface area contributed by atoms with Crippen LogP contribution < -0.4 is 5.73 Å². The summed E-state index contributed by atoms with van der Waals surface area (Å²) in [4.78, 5) is 11.2. The number of carbonyl (C=O) groups excluding carboxylic acids is 1. The van der Waals surface area contributed by atoms with Crippen LogP contribution in [-0.4, -0.2) is 19.1 Å². The van der Waals surface area contributed by atoms with E-state index in [0.29, 0.717) is 11.8 Å². The van der Waals surface area contributed by atoms with E-state index in [9.17, 15) is 4.79 Å². The summed E-state index contributed by atoms with van der Waals surface area (Å²) in [6.45, 7) is 0. The van der Waals surface area contributed by atoms with Crippen LogP contribution in [0.2, 0.25) is 0 Å². The number of carbonyl (C=O) groups is 1. The standard InChI is InChI=1S/C9H15NO2/c1-12-9(11)7-5-3-2-4-6(5)8(7)10/h5-8H,2-4,10H2,1H3/t5-,6+,7-,8-/m0/s1. The Labute approximate surface area is 72.3 Å². The number of nitrogens with two attached hydrogens (primary N) is 1. The van der Waals surface area contributed by atoms with Crippen molar-refractivity contribution in [2.75, 3.05) is 7.11 Å². The number of methoxy groups -OCH3 is 1. The number of hydrogen-bond acceptors (Lipinski definition) is 3. The van der Waals surface area contributed by atoms with Gasteiger partial charge in [0.2, 0.25) is 0 Å². The highest BCUT2D eigenvalue weighted by Crippen LogP contribution is 2.50. The molecule has 3 nitrogen and oxygen atoms in total. The maximum Gasteiger partial charge on any atom is 0.310 e. The van der Waals surface area contributed by atoms with E-state index >= 15 is 0 Å². The third-order valence-electron chi connectivity index (χ3n) is 3.47. The molecule has 0 aromatic rings. The highest BCUT2D eigenvalue weighted by atomic mass is 16.5. The molecule has 0 aromatic heterocycles. The van der Waals surface area contributed by atoms with Gasteiger partial charge in [-0.15, -0.1) is 0 Å². The Morgan fingerprint density at radius 1 is 1.42 bits per heavy atom. The zero-order chi connectivity index (χ0) is 8.72. The Hall–Kier alpha value is -0.570. The summed E-state index contributed by atoms with van der Waals surface area (Å²) in [5, 5.41) is 0. The molecular weight excluding hydrogens is 154 g/mol. The third-order valence-corrected chi connectivity index (χ3v) is 3.47. The van der Waals surface area contributed by atoms with Crippen molar-refractivity contribution in [3.8, 4) is 0 Å². The van der Waals surface area contributed by atoms with E-state index in [0.717, 1.165) is 6.42 Å². The van der Waals surface area contributed by atoms with Gasteiger partial charge in [-0.1, -0.05) is 6.42 Å². The van der Waals surface area contributed by atoms with Gasteiger partial charge in [-0.3, -0.25) is 4.79 Å². The molecule has 0 aliphatic heterocycles. The van der Waals surface area contributed by atoms with E-state index in [4.69, 9.17) is 10.5 Å². The highest BCUT2D eigenvalue weighted by Gasteiger charge is 2.54. The van der Waals surface area contributed by atoms with Crippen molar-refractivity contribution in [2.24, 2.45) is 23.5 Å². The topological polar surface area (TPSA) is 52.3 Å². The summed E-state index contributed by atoms with van der Waals surface area (Å²) < 4.78 is 4.71. The van der Waals surface area contributed by atoms with Crippen LogP contribution in [0.4, 0.5) is 0 Å². The maximum absolute atomic E-state index is 11.2. The fourth-order valence-corrected chi connectivity index (χ4v) is 2.82. The monoisotopic (exact) mass is 169 g/mol. The quantitative estimate of drug-likeness (QED) is 0.583. The highest BCUT2D eigenvalue weighted by molar-refractivity contribution is 5.75. The minimum absolute atomic E-state index is 0.00231. The molecule has 68 valence electrons. The number of hydrogen-bond donors (Lipinski definition) is 1. The maximum atomic E-state index is 11.2. The zero-order valence-electron chi connectivity index (χ0n) is 7.32. The molecule has 0 amide bonds. The van der Waals surface area contributed by atoms with Crippen LogP contribution in [0.15, 0.2) is 0 Å². The van der Waals surface area contributed by atoms with E-state index in [1.54, 1.807) is 0 Å². The first kappa shape index (κ1) is 8.05. The predicted molar refractivity (Wildman–Crippen MR) is 44.3 cm³/mol. The van der Waals surface area contributed by atoms with Crippen LogP contribution >= 0.6 is 0 Å². The minimum Gasteiger partial charge on any atom is -0.469 e. The van der Waals surface area contributed by atoms with Gasteiger partial charge >= 0.3 is 5.97 Å². The van der Waals surface area contributed by atoms with Crippen LogP contribution in [0, 0.1) is 17.8 Å². The molecule has 2 aliphatic carbocycles. The molecule has 0 radical (unpaired) electrons. The van der Waals surface area contributed by atoms with E-state index in [1.165, 1.54) is 20.0 Å². The molecule has 3 heteroatoms. The largest absolute Gasteiger partial charge is 0.469 e. The zero-order valence-corrected chi connectivity index (χ0v) is 7.32. The molecule has 4 atom stereocenters. The van der Waals surface area contributed by atoms with Crippen molar-refractivity contribution < 1.29 is 9.53 Å². The van der Waals surface area contributed by atoms with Crippen LogP contribution in [0.5, 0.6) is 0 Å². The molecule has 0 unspecified atom stereocenters. The first-order valence-corrected chi connectivity index (χ1v) is 4.59. The predicted octanol–water partition coefficient (Wildman–Crippen LogP) is 0.533. The Kier molecular flexibility index (Phi) is 1.83. The number of esters is 1. The summed E-state index contributed by atoms with van der Waals surface area (Å²) in [6, 6.07) is 0.0740. The Bertz CT molecular complexity index is 205. The van der Waals surface area contributed by atoms with Gasteiger partial charge in [0.1, 0.15) is 0 Å². The van der Waals surface area contributed by atoms with Crippen LogP contribution in [0.1, 0.15) is 19.3 Å². The molecule has 0 aromatic carbocycles. The van der Waals surface area contributed by atoms with Gasteiger partial charge in [0, 0.05) is 6.04 Å². The SMILES string of the molecule is COC(=O)[C@@H]1[C@@H](N)[C@@H]2CCC[C@@H]21. The Balaban J connectivity index is 2.04. The lowest BCUT2D eigenvalue weighted by Gasteiger charge is -2.44. The second-order valence-corrected chi connectivity index (χ2v) is 3.88. The molecule has 12 heavy (non-hydrogen) atoms. The summed E-state index contributed by atoms with van der Waals surface area (Å²) in [7, 11) is 1.44. The molecule has 2 N–H and O–H groups in total. The lowest BCUT2D eigenvalue weighted by atomic mass is 9.63. The summed E-state index contributed by atoms with van der Waals surface area (Å²) in [5.74, 6) is 1.04. The lowest BCUT2D eigenvalue weighted by Crippen LogP contribution is -2.57. The first-order chi connectivity index (χ1) is 5.75. The molecule has 2 rings (SSSR count). The van der Waals surface area contributed by atoms with Gasteiger partial charge in [0.15, 0.2) is 0 Å². The van der Waals surface area contributed by atoms with E-state index in [2.05, 4.69) is 0 Å². The normalized spacial score (nSPS) is 44.8. The van der Waals surface area contributed by atoms with E-state index < -0.39 is 0 Å². The van der Waals surface area contributed by atoms with Crippen LogP contribution in [-0.2, 0) is 9.53 Å². The van der Waals surface area contributed by atoms with Gasteiger partial charge in [-0.2, -0.15) is 0 Å². The molecule has 2 saturated carbocycles. The van der Waals surface area contributed by atoms with Crippen molar-refractivity contribution in [1.29, 1.82) is 0 Å². The molecule has 2 fully saturated rings. The van der Waals surface area contributed by atoms with E-state index in [-0.39, 0.29) is 17.9 Å². The van der Waals surface area contributed by atoms with Crippen molar-refractivity contribution >= 4 is 5.97 Å². The molecular formula is C9H15NO2. The fourth-order valence-electron chi connectivity index (χ4n) is 2.82. The molecule has 0 bridgehead atoms. The van der Waals surface area contributed by atoms with Gasteiger partial charge < -0.3 is 10.5 Å². The van der Waals surface area contributed by atoms with Gasteiger partial charge in [0.05, 0.1) is 13.0 Å². The molecule has 2 aliphatic rings. The van der Waals surface area contributed by atoms with Crippen molar-refractivity contribution in [1.82, 2.24) is 0 Å². The second kappa shape index (κ2) is 2.73. The van der Waals surface area contributed by atoms with Crippen molar-refractivity contribution in [3.05, 3.63) is 0 Å². The van der Waals surface area contributed by atoms with Crippen molar-refractivity contribution in [2.45, 2.75) is 25.3 Å². The summed E-state index contributed by atoms with van der Waals surface area (Å²) in [5.41, 5.74) is 5.88. The van der Waals surface area contributed by atoms with Crippen LogP contribution in [0.3, 0.4) is 0 Å². The Morgan fingerprint density at radius 2 is 2.08 bits per heavy atom.